The maximum atomic E-state index is 13.3. The van der Waals surface area contributed by atoms with E-state index in [1.165, 1.54) is 18.2 Å². The van der Waals surface area contributed by atoms with Crippen molar-refractivity contribution in [1.82, 2.24) is 5.32 Å². The van der Waals surface area contributed by atoms with Gasteiger partial charge < -0.3 is 10.6 Å². The van der Waals surface area contributed by atoms with Crippen LogP contribution in [0.3, 0.4) is 0 Å². The first-order valence-electron chi connectivity index (χ1n) is 4.70. The lowest BCUT2D eigenvalue weighted by Gasteiger charge is -2.09. The zero-order valence-corrected chi connectivity index (χ0v) is 9.91. The minimum Gasteiger partial charge on any atom is -0.338 e. The van der Waals surface area contributed by atoms with Gasteiger partial charge in [-0.05, 0) is 18.6 Å². The highest BCUT2D eigenvalue weighted by molar-refractivity contribution is 6.33. The van der Waals surface area contributed by atoms with Gasteiger partial charge in [-0.1, -0.05) is 17.7 Å². The number of halogens is 3. The minimum absolute atomic E-state index is 0.0208. The fraction of sp³-hybridized carbons (Fsp3) is 0.300. The molecule has 0 heterocycles. The quantitative estimate of drug-likeness (QED) is 0.636. The molecule has 6 heteroatoms. The van der Waals surface area contributed by atoms with E-state index in [1.54, 1.807) is 0 Å². The van der Waals surface area contributed by atoms with E-state index in [0.717, 1.165) is 0 Å². The molecule has 0 bridgehead atoms. The van der Waals surface area contributed by atoms with Crippen LogP contribution in [0.15, 0.2) is 18.2 Å². The van der Waals surface area contributed by atoms with Crippen LogP contribution < -0.4 is 10.6 Å². The topological polar surface area (TPSA) is 41.1 Å². The van der Waals surface area contributed by atoms with Crippen LogP contribution in [0.4, 0.5) is 14.9 Å². The summed E-state index contributed by atoms with van der Waals surface area (Å²) in [5.74, 6) is -0.110. The van der Waals surface area contributed by atoms with Crippen molar-refractivity contribution in [2.75, 3.05) is 17.7 Å². The molecule has 0 atom stereocenters. The number of benzene rings is 1. The zero-order chi connectivity index (χ0) is 12.0. The first kappa shape index (κ1) is 13.1. The molecule has 3 nitrogen and oxygen atoms in total. The van der Waals surface area contributed by atoms with Gasteiger partial charge in [-0.15, -0.1) is 11.6 Å². The van der Waals surface area contributed by atoms with E-state index in [2.05, 4.69) is 10.6 Å². The van der Waals surface area contributed by atoms with Gasteiger partial charge in [-0.2, -0.15) is 0 Å². The van der Waals surface area contributed by atoms with Gasteiger partial charge in [0.1, 0.15) is 5.82 Å². The molecule has 0 saturated carbocycles. The van der Waals surface area contributed by atoms with Crippen LogP contribution in [0.2, 0.25) is 5.02 Å². The van der Waals surface area contributed by atoms with Gasteiger partial charge >= 0.3 is 6.03 Å². The summed E-state index contributed by atoms with van der Waals surface area (Å²) in [6.07, 6.45) is 0.653. The molecule has 0 spiro atoms. The predicted molar refractivity (Wildman–Crippen MR) is 63.8 cm³/mol. The lowest BCUT2D eigenvalue weighted by atomic mass is 10.3. The second kappa shape index (κ2) is 6.55. The summed E-state index contributed by atoms with van der Waals surface area (Å²) in [5, 5.41) is 5.02. The Balaban J connectivity index is 2.56. The van der Waals surface area contributed by atoms with Crippen LogP contribution in [-0.4, -0.2) is 18.5 Å². The van der Waals surface area contributed by atoms with Gasteiger partial charge in [0.15, 0.2) is 0 Å². The molecular formula is C10H11Cl2FN2O. The number of anilines is 1. The number of para-hydroxylation sites is 1. The number of hydrogen-bond donors (Lipinski definition) is 2. The number of rotatable bonds is 4. The summed E-state index contributed by atoms with van der Waals surface area (Å²) in [5.41, 5.74) is -0.0208. The average Bonchev–Trinajstić information content (AvgIpc) is 2.24. The van der Waals surface area contributed by atoms with Crippen LogP contribution in [0.5, 0.6) is 0 Å². The Hall–Kier alpha value is -1.00. The Labute approximate surface area is 103 Å². The molecule has 0 unspecified atom stereocenters. The highest BCUT2D eigenvalue weighted by atomic mass is 35.5. The minimum atomic E-state index is -0.569. The van der Waals surface area contributed by atoms with E-state index in [-0.39, 0.29) is 10.7 Å². The summed E-state index contributed by atoms with van der Waals surface area (Å²) in [6.45, 7) is 0.432. The summed E-state index contributed by atoms with van der Waals surface area (Å²) < 4.78 is 13.3. The Morgan fingerprint density at radius 3 is 2.81 bits per heavy atom. The van der Waals surface area contributed by atoms with Gasteiger partial charge in [0, 0.05) is 12.4 Å². The molecule has 0 aliphatic heterocycles. The Morgan fingerprint density at radius 1 is 1.44 bits per heavy atom. The largest absolute Gasteiger partial charge is 0.338 e. The number of carbonyl (C=O) groups is 1. The summed E-state index contributed by atoms with van der Waals surface area (Å²) in [4.78, 5) is 11.3. The van der Waals surface area contributed by atoms with Crippen molar-refractivity contribution in [2.45, 2.75) is 6.42 Å². The Morgan fingerprint density at radius 2 is 2.19 bits per heavy atom. The molecule has 2 N–H and O–H groups in total. The zero-order valence-electron chi connectivity index (χ0n) is 8.40. The van der Waals surface area contributed by atoms with Crippen LogP contribution in [0.1, 0.15) is 6.42 Å². The molecule has 0 aliphatic carbocycles. The van der Waals surface area contributed by atoms with E-state index in [4.69, 9.17) is 23.2 Å². The highest BCUT2D eigenvalue weighted by Gasteiger charge is 2.09. The summed E-state index contributed by atoms with van der Waals surface area (Å²) in [7, 11) is 0. The second-order valence-corrected chi connectivity index (χ2v) is 3.81. The molecule has 0 fully saturated rings. The molecule has 0 aliphatic rings. The smallest absolute Gasteiger partial charge is 0.319 e. The molecule has 2 amide bonds. The summed E-state index contributed by atoms with van der Waals surface area (Å²) >= 11 is 11.2. The molecule has 1 aromatic rings. The first-order chi connectivity index (χ1) is 7.65. The maximum Gasteiger partial charge on any atom is 0.319 e. The highest BCUT2D eigenvalue weighted by Crippen LogP contribution is 2.24. The number of carbonyl (C=O) groups excluding carboxylic acids is 1. The molecule has 1 rings (SSSR count). The van der Waals surface area contributed by atoms with Crippen molar-refractivity contribution < 1.29 is 9.18 Å². The third-order valence-corrected chi connectivity index (χ3v) is 2.38. The van der Waals surface area contributed by atoms with Crippen LogP contribution in [0, 0.1) is 5.82 Å². The molecule has 0 saturated heterocycles. The molecule has 1 aromatic carbocycles. The molecule has 0 radical (unpaired) electrons. The Kier molecular flexibility index (Phi) is 5.35. The molecular weight excluding hydrogens is 254 g/mol. The van der Waals surface area contributed by atoms with Gasteiger partial charge in [-0.3, -0.25) is 0 Å². The number of urea groups is 1. The van der Waals surface area contributed by atoms with Crippen molar-refractivity contribution in [3.8, 4) is 0 Å². The van der Waals surface area contributed by atoms with E-state index in [9.17, 15) is 9.18 Å². The lowest BCUT2D eigenvalue weighted by Crippen LogP contribution is -2.30. The third-order valence-electron chi connectivity index (χ3n) is 1.80. The van der Waals surface area contributed by atoms with Gasteiger partial charge in [0.2, 0.25) is 0 Å². The monoisotopic (exact) mass is 264 g/mol. The standard InChI is InChI=1S/C10H11Cl2FN2O/c11-5-2-6-14-10(16)15-9-7(12)3-1-4-8(9)13/h1,3-4H,2,5-6H2,(H2,14,15,16). The lowest BCUT2D eigenvalue weighted by molar-refractivity contribution is 0.252. The van der Waals surface area contributed by atoms with E-state index < -0.39 is 11.8 Å². The van der Waals surface area contributed by atoms with Crippen molar-refractivity contribution in [3.63, 3.8) is 0 Å². The maximum absolute atomic E-state index is 13.3. The molecule has 0 aromatic heterocycles. The van der Waals surface area contributed by atoms with E-state index >= 15 is 0 Å². The number of hydrogen-bond acceptors (Lipinski definition) is 1. The fourth-order valence-electron chi connectivity index (χ4n) is 1.04. The molecule has 88 valence electrons. The number of nitrogens with one attached hydrogen (secondary N) is 2. The SMILES string of the molecule is O=C(NCCCCl)Nc1c(F)cccc1Cl. The number of amides is 2. The van der Waals surface area contributed by atoms with E-state index in [1.807, 2.05) is 0 Å². The van der Waals surface area contributed by atoms with Crippen molar-refractivity contribution in [2.24, 2.45) is 0 Å². The van der Waals surface area contributed by atoms with Gasteiger partial charge in [0.05, 0.1) is 10.7 Å². The van der Waals surface area contributed by atoms with E-state index in [0.29, 0.717) is 18.8 Å². The third kappa shape index (κ3) is 3.87. The van der Waals surface area contributed by atoms with Crippen molar-refractivity contribution in [1.29, 1.82) is 0 Å². The van der Waals surface area contributed by atoms with Crippen LogP contribution in [-0.2, 0) is 0 Å². The average molecular weight is 265 g/mol. The van der Waals surface area contributed by atoms with Crippen molar-refractivity contribution >= 4 is 34.9 Å². The van der Waals surface area contributed by atoms with Crippen molar-refractivity contribution in [3.05, 3.63) is 29.0 Å². The number of alkyl halides is 1. The predicted octanol–water partition coefficient (Wildman–Crippen LogP) is 3.23. The molecule has 16 heavy (non-hydrogen) atoms. The normalized spacial score (nSPS) is 9.94. The first-order valence-corrected chi connectivity index (χ1v) is 5.61. The second-order valence-electron chi connectivity index (χ2n) is 3.02. The van der Waals surface area contributed by atoms with Crippen LogP contribution in [0.25, 0.3) is 0 Å². The fourth-order valence-corrected chi connectivity index (χ4v) is 1.39. The van der Waals surface area contributed by atoms with Gasteiger partial charge in [0.25, 0.3) is 0 Å². The van der Waals surface area contributed by atoms with Gasteiger partial charge in [-0.25, -0.2) is 9.18 Å². The van der Waals surface area contributed by atoms with Crippen LogP contribution >= 0.6 is 23.2 Å². The Bertz CT molecular complexity index is 354. The summed E-state index contributed by atoms with van der Waals surface area (Å²) in [6, 6.07) is 3.69.